The Balaban J connectivity index is 1.68. The molecule has 4 nitrogen and oxygen atoms in total. The van der Waals surface area contributed by atoms with E-state index in [2.05, 4.69) is 17.3 Å². The minimum Gasteiger partial charge on any atom is -0.451 e. The number of nitrogens with one attached hydrogen (secondary N) is 1. The number of amides is 1. The second-order valence-electron chi connectivity index (χ2n) is 5.69. The normalized spacial score (nSPS) is 16.6. The molecule has 1 N–H and O–H groups in total. The monoisotopic (exact) mass is 302 g/mol. The van der Waals surface area contributed by atoms with Crippen LogP contribution in [0, 0.1) is 5.82 Å². The number of nitrogens with zero attached hydrogens (tertiary/aromatic N) is 1. The fourth-order valence-electron chi connectivity index (χ4n) is 2.68. The number of benzene rings is 1. The number of halogens is 1. The van der Waals surface area contributed by atoms with Gasteiger partial charge in [0.15, 0.2) is 5.76 Å². The second kappa shape index (κ2) is 6.32. The molecule has 0 radical (unpaired) electrons. The van der Waals surface area contributed by atoms with Gasteiger partial charge in [0, 0.05) is 6.04 Å². The lowest BCUT2D eigenvalue weighted by Crippen LogP contribution is -2.43. The molecule has 0 atom stereocenters. The molecule has 5 heteroatoms. The first-order chi connectivity index (χ1) is 10.6. The maximum atomic E-state index is 13.7. The SMILES string of the molecule is CN1CCC(NC(=O)c2ccc(-c3ccccc3F)o2)CC1. The van der Waals surface area contributed by atoms with Crippen molar-refractivity contribution in [2.24, 2.45) is 0 Å². The van der Waals surface area contributed by atoms with Gasteiger partial charge in [0.05, 0.1) is 5.56 Å². The molecule has 0 spiro atoms. The van der Waals surface area contributed by atoms with E-state index in [0.29, 0.717) is 11.3 Å². The standard InChI is InChI=1S/C17H19FN2O2/c1-20-10-8-12(9-11-20)19-17(21)16-7-6-15(22-16)13-4-2-3-5-14(13)18/h2-7,12H,8-11H2,1H3,(H,19,21). The number of carbonyl (C=O) groups excluding carboxylic acids is 1. The lowest BCUT2D eigenvalue weighted by atomic mass is 10.1. The largest absolute Gasteiger partial charge is 0.451 e. The third-order valence-corrected chi connectivity index (χ3v) is 4.02. The molecule has 1 saturated heterocycles. The van der Waals surface area contributed by atoms with Gasteiger partial charge in [0.25, 0.3) is 5.91 Å². The van der Waals surface area contributed by atoms with Crippen LogP contribution >= 0.6 is 0 Å². The predicted octanol–water partition coefficient (Wildman–Crippen LogP) is 2.91. The van der Waals surface area contributed by atoms with Crippen LogP contribution in [-0.2, 0) is 0 Å². The highest BCUT2D eigenvalue weighted by atomic mass is 19.1. The minimum atomic E-state index is -0.362. The number of furan rings is 1. The Morgan fingerprint density at radius 2 is 1.95 bits per heavy atom. The molecular weight excluding hydrogens is 283 g/mol. The zero-order chi connectivity index (χ0) is 15.5. The average molecular weight is 302 g/mol. The highest BCUT2D eigenvalue weighted by Gasteiger charge is 2.21. The van der Waals surface area contributed by atoms with Crippen molar-refractivity contribution in [3.63, 3.8) is 0 Å². The topological polar surface area (TPSA) is 45.5 Å². The molecule has 22 heavy (non-hydrogen) atoms. The molecule has 3 rings (SSSR count). The third-order valence-electron chi connectivity index (χ3n) is 4.02. The van der Waals surface area contributed by atoms with Crippen molar-refractivity contribution in [3.05, 3.63) is 48.0 Å². The van der Waals surface area contributed by atoms with Gasteiger partial charge in [-0.05, 0) is 57.2 Å². The van der Waals surface area contributed by atoms with Crippen molar-refractivity contribution in [1.82, 2.24) is 10.2 Å². The molecule has 2 aromatic rings. The number of hydrogen-bond acceptors (Lipinski definition) is 3. The molecule has 116 valence electrons. The number of likely N-dealkylation sites (tertiary alicyclic amines) is 1. The van der Waals surface area contributed by atoms with E-state index in [1.54, 1.807) is 30.3 Å². The molecule has 1 aromatic heterocycles. The predicted molar refractivity (Wildman–Crippen MR) is 82.1 cm³/mol. The third kappa shape index (κ3) is 3.20. The molecule has 1 aliphatic heterocycles. The van der Waals surface area contributed by atoms with Crippen LogP contribution < -0.4 is 5.32 Å². The summed E-state index contributed by atoms with van der Waals surface area (Å²) in [5.41, 5.74) is 0.362. The summed E-state index contributed by atoms with van der Waals surface area (Å²) in [4.78, 5) is 14.5. The van der Waals surface area contributed by atoms with Gasteiger partial charge in [-0.1, -0.05) is 12.1 Å². The molecule has 1 amide bonds. The fourth-order valence-corrected chi connectivity index (χ4v) is 2.68. The Labute approximate surface area is 128 Å². The first-order valence-electron chi connectivity index (χ1n) is 7.47. The fraction of sp³-hybridized carbons (Fsp3) is 0.353. The minimum absolute atomic E-state index is 0.172. The van der Waals surface area contributed by atoms with Gasteiger partial charge < -0.3 is 14.6 Å². The highest BCUT2D eigenvalue weighted by Crippen LogP contribution is 2.24. The van der Waals surface area contributed by atoms with E-state index in [4.69, 9.17) is 4.42 Å². The molecule has 0 bridgehead atoms. The van der Waals surface area contributed by atoms with Crippen LogP contribution in [0.2, 0.25) is 0 Å². The Morgan fingerprint density at radius 3 is 2.68 bits per heavy atom. The first kappa shape index (κ1) is 14.8. The van der Waals surface area contributed by atoms with E-state index in [9.17, 15) is 9.18 Å². The second-order valence-corrected chi connectivity index (χ2v) is 5.69. The summed E-state index contributed by atoms with van der Waals surface area (Å²) in [6, 6.07) is 9.75. The average Bonchev–Trinajstić information content (AvgIpc) is 3.00. The van der Waals surface area contributed by atoms with E-state index < -0.39 is 0 Å². The van der Waals surface area contributed by atoms with Gasteiger partial charge in [-0.2, -0.15) is 0 Å². The van der Waals surface area contributed by atoms with Crippen LogP contribution in [-0.4, -0.2) is 37.0 Å². The van der Waals surface area contributed by atoms with Gasteiger partial charge in [0.1, 0.15) is 11.6 Å². The van der Waals surface area contributed by atoms with E-state index in [1.165, 1.54) is 6.07 Å². The van der Waals surface area contributed by atoms with Crippen molar-refractivity contribution in [2.75, 3.05) is 20.1 Å². The molecule has 1 aliphatic rings. The summed E-state index contributed by atoms with van der Waals surface area (Å²) in [6.07, 6.45) is 1.87. The molecule has 1 aromatic carbocycles. The van der Waals surface area contributed by atoms with E-state index >= 15 is 0 Å². The number of hydrogen-bond donors (Lipinski definition) is 1. The van der Waals surface area contributed by atoms with Crippen LogP contribution in [0.4, 0.5) is 4.39 Å². The zero-order valence-corrected chi connectivity index (χ0v) is 12.5. The number of rotatable bonds is 3. The van der Waals surface area contributed by atoms with Crippen molar-refractivity contribution in [1.29, 1.82) is 0 Å². The molecule has 0 aliphatic carbocycles. The van der Waals surface area contributed by atoms with Crippen LogP contribution in [0.3, 0.4) is 0 Å². The lowest BCUT2D eigenvalue weighted by Gasteiger charge is -2.29. The quantitative estimate of drug-likeness (QED) is 0.948. The molecule has 0 unspecified atom stereocenters. The smallest absolute Gasteiger partial charge is 0.287 e. The summed E-state index contributed by atoms with van der Waals surface area (Å²) >= 11 is 0. The van der Waals surface area contributed by atoms with Gasteiger partial charge in [-0.15, -0.1) is 0 Å². The maximum Gasteiger partial charge on any atom is 0.287 e. The Kier molecular flexibility index (Phi) is 4.24. The molecule has 0 saturated carbocycles. The van der Waals surface area contributed by atoms with E-state index in [-0.39, 0.29) is 23.5 Å². The number of carbonyl (C=O) groups is 1. The molecule has 2 heterocycles. The molecule has 1 fully saturated rings. The van der Waals surface area contributed by atoms with Gasteiger partial charge in [0.2, 0.25) is 0 Å². The lowest BCUT2D eigenvalue weighted by molar-refractivity contribution is 0.0889. The van der Waals surface area contributed by atoms with Gasteiger partial charge in [-0.3, -0.25) is 4.79 Å². The summed E-state index contributed by atoms with van der Waals surface area (Å²) in [6.45, 7) is 1.95. The van der Waals surface area contributed by atoms with Crippen molar-refractivity contribution in [3.8, 4) is 11.3 Å². The van der Waals surface area contributed by atoms with E-state index in [0.717, 1.165) is 25.9 Å². The molecular formula is C17H19FN2O2. The van der Waals surface area contributed by atoms with Crippen LogP contribution in [0.15, 0.2) is 40.8 Å². The summed E-state index contributed by atoms with van der Waals surface area (Å²) in [5, 5.41) is 2.98. The Hall–Kier alpha value is -2.14. The van der Waals surface area contributed by atoms with Gasteiger partial charge >= 0.3 is 0 Å². The maximum absolute atomic E-state index is 13.7. The van der Waals surface area contributed by atoms with Crippen LogP contribution in [0.5, 0.6) is 0 Å². The Morgan fingerprint density at radius 1 is 1.23 bits per heavy atom. The first-order valence-corrected chi connectivity index (χ1v) is 7.47. The Bertz CT molecular complexity index is 660. The summed E-state index contributed by atoms with van der Waals surface area (Å²) in [5.74, 6) is -0.0138. The van der Waals surface area contributed by atoms with Crippen LogP contribution in [0.25, 0.3) is 11.3 Å². The van der Waals surface area contributed by atoms with Crippen molar-refractivity contribution >= 4 is 5.91 Å². The zero-order valence-electron chi connectivity index (χ0n) is 12.5. The van der Waals surface area contributed by atoms with Gasteiger partial charge in [-0.25, -0.2) is 4.39 Å². The van der Waals surface area contributed by atoms with Crippen molar-refractivity contribution < 1.29 is 13.6 Å². The van der Waals surface area contributed by atoms with Crippen molar-refractivity contribution in [2.45, 2.75) is 18.9 Å². The van der Waals surface area contributed by atoms with Crippen LogP contribution in [0.1, 0.15) is 23.4 Å². The highest BCUT2D eigenvalue weighted by molar-refractivity contribution is 5.92. The van der Waals surface area contributed by atoms with E-state index in [1.807, 2.05) is 0 Å². The summed E-state index contributed by atoms with van der Waals surface area (Å²) < 4.78 is 19.2. The summed E-state index contributed by atoms with van der Waals surface area (Å²) in [7, 11) is 2.07. The number of piperidine rings is 1.